The number of hydrogen-bond acceptors (Lipinski definition) is 4. The molecule has 0 saturated heterocycles. The maximum absolute atomic E-state index is 12.8. The van der Waals surface area contributed by atoms with Crippen molar-refractivity contribution in [2.45, 2.75) is 6.54 Å². The highest BCUT2D eigenvalue weighted by molar-refractivity contribution is 6.30. The van der Waals surface area contributed by atoms with E-state index < -0.39 is 0 Å². The molecule has 1 aliphatic heterocycles. The number of carbonyl (C=O) groups is 2. The van der Waals surface area contributed by atoms with E-state index in [-0.39, 0.29) is 18.4 Å². The Hall–Kier alpha value is -3.90. The van der Waals surface area contributed by atoms with Crippen LogP contribution >= 0.6 is 11.6 Å². The third-order valence-corrected chi connectivity index (χ3v) is 5.67. The first-order chi connectivity index (χ1) is 15.5. The van der Waals surface area contributed by atoms with Gasteiger partial charge < -0.3 is 4.74 Å². The quantitative estimate of drug-likeness (QED) is 0.407. The monoisotopic (exact) mass is 443 g/mol. The third-order valence-electron chi connectivity index (χ3n) is 5.42. The summed E-state index contributed by atoms with van der Waals surface area (Å²) >= 11 is 6.06. The number of aromatic nitrogens is 2. The average molecular weight is 444 g/mol. The highest BCUT2D eigenvalue weighted by Gasteiger charge is 2.35. The van der Waals surface area contributed by atoms with Crippen molar-refractivity contribution in [3.05, 3.63) is 101 Å². The van der Waals surface area contributed by atoms with E-state index in [0.29, 0.717) is 21.8 Å². The lowest BCUT2D eigenvalue weighted by Gasteiger charge is -2.11. The lowest BCUT2D eigenvalue weighted by molar-refractivity contribution is 0.0640. The molecular formula is C25H18ClN3O3. The normalized spacial score (nSPS) is 12.9. The molecule has 0 radical (unpaired) electrons. The summed E-state index contributed by atoms with van der Waals surface area (Å²) < 4.78 is 7.05. The van der Waals surface area contributed by atoms with Crippen LogP contribution in [0, 0.1) is 0 Å². The zero-order chi connectivity index (χ0) is 22.2. The van der Waals surface area contributed by atoms with Crippen LogP contribution in [-0.2, 0) is 6.54 Å². The molecule has 158 valence electrons. The largest absolute Gasteiger partial charge is 0.497 e. The molecule has 1 aromatic heterocycles. The number of rotatable bonds is 5. The number of amides is 2. The molecule has 0 bridgehead atoms. The minimum atomic E-state index is -0.308. The minimum absolute atomic E-state index is 0.0795. The summed E-state index contributed by atoms with van der Waals surface area (Å²) in [5.41, 5.74) is 3.99. The van der Waals surface area contributed by atoms with Gasteiger partial charge in [-0.15, -0.1) is 0 Å². The number of nitrogens with zero attached hydrogens (tertiary/aromatic N) is 3. The summed E-state index contributed by atoms with van der Waals surface area (Å²) in [5, 5.41) is 5.34. The SMILES string of the molecule is COc1ccc(-c2cc(CN3C(=O)c4ccccc4C3=O)nn2-c2ccc(Cl)cc2)cc1. The maximum atomic E-state index is 12.8. The fourth-order valence-corrected chi connectivity index (χ4v) is 3.92. The Morgan fingerprint density at radius 2 is 1.50 bits per heavy atom. The Kier molecular flexibility index (Phi) is 4.99. The summed E-state index contributed by atoms with van der Waals surface area (Å²) in [7, 11) is 1.62. The van der Waals surface area contributed by atoms with Crippen molar-refractivity contribution >= 4 is 23.4 Å². The molecule has 2 amide bonds. The molecule has 5 rings (SSSR count). The molecule has 0 unspecified atom stereocenters. The van der Waals surface area contributed by atoms with E-state index in [9.17, 15) is 9.59 Å². The van der Waals surface area contributed by atoms with Crippen LogP contribution in [-0.4, -0.2) is 33.6 Å². The van der Waals surface area contributed by atoms with Crippen molar-refractivity contribution in [2.24, 2.45) is 0 Å². The predicted octanol–water partition coefficient (Wildman–Crippen LogP) is 5.00. The number of methoxy groups -OCH3 is 1. The Morgan fingerprint density at radius 1 is 0.875 bits per heavy atom. The van der Waals surface area contributed by atoms with Crippen molar-refractivity contribution in [1.29, 1.82) is 0 Å². The highest BCUT2D eigenvalue weighted by atomic mass is 35.5. The van der Waals surface area contributed by atoms with Crippen molar-refractivity contribution in [3.8, 4) is 22.7 Å². The summed E-state index contributed by atoms with van der Waals surface area (Å²) in [4.78, 5) is 26.8. The Labute approximate surface area is 189 Å². The molecule has 1 aliphatic rings. The number of ether oxygens (including phenoxy) is 1. The number of hydrogen-bond donors (Lipinski definition) is 0. The number of fused-ring (bicyclic) bond motifs is 1. The first-order valence-electron chi connectivity index (χ1n) is 9.99. The molecule has 0 N–H and O–H groups in total. The van der Waals surface area contributed by atoms with Crippen molar-refractivity contribution in [3.63, 3.8) is 0 Å². The molecule has 0 atom stereocenters. The molecule has 0 aliphatic carbocycles. The molecule has 6 nitrogen and oxygen atoms in total. The maximum Gasteiger partial charge on any atom is 0.261 e. The first-order valence-corrected chi connectivity index (χ1v) is 10.4. The molecule has 2 heterocycles. The van der Waals surface area contributed by atoms with Gasteiger partial charge in [0.25, 0.3) is 11.8 Å². The lowest BCUT2D eigenvalue weighted by Crippen LogP contribution is -2.29. The van der Waals surface area contributed by atoms with Crippen LogP contribution in [0.4, 0.5) is 0 Å². The fraction of sp³-hybridized carbons (Fsp3) is 0.0800. The van der Waals surface area contributed by atoms with E-state index >= 15 is 0 Å². The van der Waals surface area contributed by atoms with Gasteiger partial charge >= 0.3 is 0 Å². The van der Waals surface area contributed by atoms with Crippen LogP contribution < -0.4 is 4.74 Å². The molecule has 0 fully saturated rings. The van der Waals surface area contributed by atoms with Crippen LogP contribution in [0.3, 0.4) is 0 Å². The summed E-state index contributed by atoms with van der Waals surface area (Å²) in [5.74, 6) is 0.132. The number of imide groups is 1. The van der Waals surface area contributed by atoms with Gasteiger partial charge in [-0.05, 0) is 66.7 Å². The van der Waals surface area contributed by atoms with E-state index in [1.165, 1.54) is 4.90 Å². The van der Waals surface area contributed by atoms with Crippen molar-refractivity contribution in [1.82, 2.24) is 14.7 Å². The topological polar surface area (TPSA) is 64.4 Å². The van der Waals surface area contributed by atoms with E-state index in [1.807, 2.05) is 42.5 Å². The lowest BCUT2D eigenvalue weighted by atomic mass is 10.1. The van der Waals surface area contributed by atoms with Gasteiger partial charge in [0.1, 0.15) is 5.75 Å². The second-order valence-corrected chi connectivity index (χ2v) is 7.82. The van der Waals surface area contributed by atoms with Crippen molar-refractivity contribution in [2.75, 3.05) is 7.11 Å². The summed E-state index contributed by atoms with van der Waals surface area (Å²) in [6.07, 6.45) is 0. The van der Waals surface area contributed by atoms with E-state index in [2.05, 4.69) is 0 Å². The van der Waals surface area contributed by atoms with Gasteiger partial charge in [-0.3, -0.25) is 14.5 Å². The second kappa shape index (κ2) is 7.98. The fourth-order valence-electron chi connectivity index (χ4n) is 3.80. The van der Waals surface area contributed by atoms with Gasteiger partial charge in [-0.2, -0.15) is 5.10 Å². The van der Waals surface area contributed by atoms with Crippen LogP contribution in [0.15, 0.2) is 78.9 Å². The predicted molar refractivity (Wildman–Crippen MR) is 121 cm³/mol. The number of benzene rings is 3. The smallest absolute Gasteiger partial charge is 0.261 e. The second-order valence-electron chi connectivity index (χ2n) is 7.38. The molecular weight excluding hydrogens is 426 g/mol. The Bertz CT molecular complexity index is 1290. The van der Waals surface area contributed by atoms with Gasteiger partial charge in [-0.25, -0.2) is 4.68 Å². The zero-order valence-electron chi connectivity index (χ0n) is 17.2. The minimum Gasteiger partial charge on any atom is -0.497 e. The zero-order valence-corrected chi connectivity index (χ0v) is 17.9. The van der Waals surface area contributed by atoms with Crippen LogP contribution in [0.5, 0.6) is 5.75 Å². The first kappa shape index (κ1) is 20.0. The molecule has 0 spiro atoms. The average Bonchev–Trinajstić information content (AvgIpc) is 3.35. The van der Waals surface area contributed by atoms with Crippen LogP contribution in [0.2, 0.25) is 5.02 Å². The van der Waals surface area contributed by atoms with Crippen LogP contribution in [0.25, 0.3) is 16.9 Å². The Balaban J connectivity index is 1.54. The number of carbonyl (C=O) groups excluding carboxylic acids is 2. The van der Waals surface area contributed by atoms with E-state index in [0.717, 1.165) is 22.7 Å². The summed E-state index contributed by atoms with van der Waals surface area (Å²) in [6.45, 7) is 0.0795. The number of halogens is 1. The molecule has 32 heavy (non-hydrogen) atoms. The highest BCUT2D eigenvalue weighted by Crippen LogP contribution is 2.29. The third kappa shape index (κ3) is 3.44. The molecule has 7 heteroatoms. The Morgan fingerprint density at radius 3 is 2.09 bits per heavy atom. The van der Waals surface area contributed by atoms with Gasteiger partial charge in [0, 0.05) is 10.6 Å². The van der Waals surface area contributed by atoms with Crippen LogP contribution in [0.1, 0.15) is 26.4 Å². The van der Waals surface area contributed by atoms with Gasteiger partial charge in [0.05, 0.1) is 41.9 Å². The van der Waals surface area contributed by atoms with Gasteiger partial charge in [0.2, 0.25) is 0 Å². The van der Waals surface area contributed by atoms with E-state index in [1.54, 1.807) is 48.2 Å². The standard InChI is InChI=1S/C25H18ClN3O3/c1-32-20-12-6-16(7-13-20)23-14-18(27-29(23)19-10-8-17(26)9-11-19)15-28-24(30)21-4-2-3-5-22(21)25(28)31/h2-14H,15H2,1H3. The summed E-state index contributed by atoms with van der Waals surface area (Å²) in [6, 6.07) is 23.7. The molecule has 0 saturated carbocycles. The molecule has 3 aromatic carbocycles. The van der Waals surface area contributed by atoms with Crippen molar-refractivity contribution < 1.29 is 14.3 Å². The van der Waals surface area contributed by atoms with E-state index in [4.69, 9.17) is 21.4 Å². The van der Waals surface area contributed by atoms with Gasteiger partial charge in [-0.1, -0.05) is 23.7 Å². The van der Waals surface area contributed by atoms with Gasteiger partial charge in [0.15, 0.2) is 0 Å². The molecule has 4 aromatic rings.